The van der Waals surface area contributed by atoms with Gasteiger partial charge in [-0.3, -0.25) is 4.79 Å². The minimum absolute atomic E-state index is 0.584. The fourth-order valence-electron chi connectivity index (χ4n) is 1.41. The predicted octanol–water partition coefficient (Wildman–Crippen LogP) is 2.62. The number of aromatic nitrogens is 2. The van der Waals surface area contributed by atoms with Crippen LogP contribution in [0.3, 0.4) is 0 Å². The zero-order chi connectivity index (χ0) is 13.9. The van der Waals surface area contributed by atoms with Crippen molar-refractivity contribution in [1.29, 1.82) is 0 Å². The molecule has 0 saturated heterocycles. The fraction of sp³-hybridized carbons (Fsp3) is 0.417. The van der Waals surface area contributed by atoms with Crippen LogP contribution in [0.15, 0.2) is 16.3 Å². The minimum atomic E-state index is -0.953. The summed E-state index contributed by atoms with van der Waals surface area (Å²) < 4.78 is 0. The summed E-state index contributed by atoms with van der Waals surface area (Å²) in [5.41, 5.74) is 2.50. The summed E-state index contributed by atoms with van der Waals surface area (Å²) in [6.07, 6.45) is 0.834. The zero-order valence-electron chi connectivity index (χ0n) is 10.7. The minimum Gasteiger partial charge on any atom is -0.481 e. The quantitative estimate of drug-likeness (QED) is 0.857. The molecule has 0 amide bonds. The monoisotopic (exact) mass is 297 g/mol. The molecule has 0 radical (unpaired) electrons. The molecule has 0 atom stereocenters. The van der Waals surface area contributed by atoms with Crippen molar-refractivity contribution in [2.24, 2.45) is 0 Å². The first-order valence-corrected chi connectivity index (χ1v) is 7.62. The Kier molecular flexibility index (Phi) is 4.16. The molecule has 2 heterocycles. The van der Waals surface area contributed by atoms with E-state index >= 15 is 0 Å². The smallest absolute Gasteiger partial charge is 0.315 e. The van der Waals surface area contributed by atoms with Crippen molar-refractivity contribution >= 4 is 33.8 Å². The van der Waals surface area contributed by atoms with Gasteiger partial charge in [-0.2, -0.15) is 0 Å². The summed E-state index contributed by atoms with van der Waals surface area (Å²) in [6.45, 7) is 4.05. The van der Waals surface area contributed by atoms with Crippen LogP contribution in [-0.2, 0) is 16.6 Å². The van der Waals surface area contributed by atoms with Crippen molar-refractivity contribution in [3.05, 3.63) is 27.7 Å². The van der Waals surface area contributed by atoms with Crippen LogP contribution in [0, 0.1) is 0 Å². The molecule has 2 aromatic heterocycles. The molecule has 0 saturated carbocycles. The number of nitrogens with zero attached hydrogens (tertiary/aromatic N) is 2. The average molecular weight is 297 g/mol. The third kappa shape index (κ3) is 3.30. The molecule has 19 heavy (non-hydrogen) atoms. The number of hydrogen-bond donors (Lipinski definition) is 2. The molecule has 0 fully saturated rings. The second-order valence-electron chi connectivity index (χ2n) is 4.62. The highest BCUT2D eigenvalue weighted by atomic mass is 32.1. The molecular formula is C12H15N3O2S2. The molecule has 0 aliphatic rings. The lowest BCUT2D eigenvalue weighted by Gasteiger charge is -2.15. The number of carboxylic acids is 1. The highest BCUT2D eigenvalue weighted by Gasteiger charge is 2.32. The van der Waals surface area contributed by atoms with E-state index in [1.54, 1.807) is 30.6 Å². The lowest BCUT2D eigenvalue weighted by atomic mass is 9.90. The van der Waals surface area contributed by atoms with Crippen molar-refractivity contribution in [3.63, 3.8) is 0 Å². The molecular weight excluding hydrogens is 282 g/mol. The first-order valence-electron chi connectivity index (χ1n) is 5.80. The Labute approximate surface area is 119 Å². The van der Waals surface area contributed by atoms with Gasteiger partial charge in [0.15, 0.2) is 5.13 Å². The van der Waals surface area contributed by atoms with Gasteiger partial charge in [-0.05, 0) is 13.8 Å². The summed E-state index contributed by atoms with van der Waals surface area (Å²) >= 11 is 3.01. The number of nitrogens with one attached hydrogen (secondary N) is 1. The van der Waals surface area contributed by atoms with Crippen LogP contribution in [0.1, 0.15) is 25.2 Å². The maximum absolute atomic E-state index is 11.1. The molecule has 2 N–H and O–H groups in total. The molecule has 0 spiro atoms. The van der Waals surface area contributed by atoms with Gasteiger partial charge in [0.05, 0.1) is 16.9 Å². The number of thiazole rings is 2. The van der Waals surface area contributed by atoms with Gasteiger partial charge in [0.1, 0.15) is 5.41 Å². The fourth-order valence-corrected chi connectivity index (χ4v) is 2.91. The lowest BCUT2D eigenvalue weighted by Crippen LogP contribution is -2.28. The van der Waals surface area contributed by atoms with Crippen LogP contribution >= 0.6 is 22.7 Å². The summed E-state index contributed by atoms with van der Waals surface area (Å²) in [7, 11) is 0. The third-order valence-electron chi connectivity index (χ3n) is 2.82. The molecule has 5 nitrogen and oxygen atoms in total. The number of carboxylic acid groups (broad SMARTS) is 1. The van der Waals surface area contributed by atoms with E-state index in [2.05, 4.69) is 15.3 Å². The molecule has 102 valence electrons. The van der Waals surface area contributed by atoms with Crippen molar-refractivity contribution in [3.8, 4) is 0 Å². The maximum Gasteiger partial charge on any atom is 0.315 e. The highest BCUT2D eigenvalue weighted by molar-refractivity contribution is 7.13. The summed E-state index contributed by atoms with van der Waals surface area (Å²) in [5, 5.41) is 16.9. The standard InChI is InChI=1S/C12H15N3O2S2/c1-12(2,10(16)17)9-6-19-11(15-9)13-4-3-8-5-18-7-14-8/h5-7H,3-4H2,1-2H3,(H,13,15)(H,16,17). The van der Waals surface area contributed by atoms with Gasteiger partial charge in [-0.15, -0.1) is 22.7 Å². The maximum atomic E-state index is 11.1. The van der Waals surface area contributed by atoms with Crippen molar-refractivity contribution in [2.75, 3.05) is 11.9 Å². The number of hydrogen-bond acceptors (Lipinski definition) is 6. The topological polar surface area (TPSA) is 75.1 Å². The Morgan fingerprint density at radius 2 is 2.26 bits per heavy atom. The van der Waals surface area contributed by atoms with Crippen molar-refractivity contribution in [2.45, 2.75) is 25.7 Å². The first-order chi connectivity index (χ1) is 9.00. The largest absolute Gasteiger partial charge is 0.481 e. The van der Waals surface area contributed by atoms with Crippen LogP contribution in [0.2, 0.25) is 0 Å². The molecule has 0 aliphatic heterocycles. The van der Waals surface area contributed by atoms with E-state index in [9.17, 15) is 4.79 Å². The van der Waals surface area contributed by atoms with E-state index in [4.69, 9.17) is 5.11 Å². The Bertz CT molecular complexity index is 549. The van der Waals surface area contributed by atoms with Crippen LogP contribution < -0.4 is 5.32 Å². The van der Waals surface area contributed by atoms with E-state index in [1.165, 1.54) is 11.3 Å². The number of carbonyl (C=O) groups is 1. The van der Waals surface area contributed by atoms with E-state index < -0.39 is 11.4 Å². The summed E-state index contributed by atoms with van der Waals surface area (Å²) in [4.78, 5) is 19.7. The van der Waals surface area contributed by atoms with Gasteiger partial charge >= 0.3 is 5.97 Å². The Morgan fingerprint density at radius 1 is 1.47 bits per heavy atom. The van der Waals surface area contributed by atoms with Crippen LogP contribution in [0.4, 0.5) is 5.13 Å². The van der Waals surface area contributed by atoms with Gasteiger partial charge in [-0.1, -0.05) is 0 Å². The molecule has 0 aromatic carbocycles. The highest BCUT2D eigenvalue weighted by Crippen LogP contribution is 2.27. The van der Waals surface area contributed by atoms with E-state index in [1.807, 2.05) is 10.9 Å². The SMILES string of the molecule is CC(C)(C(=O)O)c1csc(NCCc2cscn2)n1. The molecule has 2 rings (SSSR count). The number of rotatable bonds is 6. The molecule has 7 heteroatoms. The van der Waals surface area contributed by atoms with E-state index in [-0.39, 0.29) is 0 Å². The van der Waals surface area contributed by atoms with Gasteiger partial charge in [-0.25, -0.2) is 9.97 Å². The summed E-state index contributed by atoms with van der Waals surface area (Å²) in [5.74, 6) is -0.869. The van der Waals surface area contributed by atoms with Crippen LogP contribution in [-0.4, -0.2) is 27.6 Å². The van der Waals surface area contributed by atoms with Crippen molar-refractivity contribution < 1.29 is 9.90 Å². The van der Waals surface area contributed by atoms with Gasteiger partial charge < -0.3 is 10.4 Å². The van der Waals surface area contributed by atoms with Gasteiger partial charge in [0, 0.05) is 23.7 Å². The number of aliphatic carboxylic acids is 1. The van der Waals surface area contributed by atoms with Gasteiger partial charge in [0.25, 0.3) is 0 Å². The molecule has 0 unspecified atom stereocenters. The molecule has 2 aromatic rings. The molecule has 0 bridgehead atoms. The normalized spacial score (nSPS) is 11.5. The lowest BCUT2D eigenvalue weighted by molar-refractivity contribution is -0.142. The van der Waals surface area contributed by atoms with Crippen LogP contribution in [0.5, 0.6) is 0 Å². The summed E-state index contributed by atoms with van der Waals surface area (Å²) in [6, 6.07) is 0. The van der Waals surface area contributed by atoms with Gasteiger partial charge in [0.2, 0.25) is 0 Å². The number of anilines is 1. The zero-order valence-corrected chi connectivity index (χ0v) is 12.3. The Hall–Kier alpha value is -1.47. The predicted molar refractivity (Wildman–Crippen MR) is 77.1 cm³/mol. The second kappa shape index (κ2) is 5.66. The van der Waals surface area contributed by atoms with E-state index in [0.717, 1.165) is 23.8 Å². The second-order valence-corrected chi connectivity index (χ2v) is 6.20. The average Bonchev–Trinajstić information content (AvgIpc) is 2.99. The van der Waals surface area contributed by atoms with E-state index in [0.29, 0.717) is 5.69 Å². The van der Waals surface area contributed by atoms with Crippen LogP contribution in [0.25, 0.3) is 0 Å². The van der Waals surface area contributed by atoms with Crippen molar-refractivity contribution in [1.82, 2.24) is 9.97 Å². The first kappa shape index (κ1) is 14.0. The Morgan fingerprint density at radius 3 is 2.89 bits per heavy atom. The third-order valence-corrected chi connectivity index (χ3v) is 4.26. The molecule has 0 aliphatic carbocycles. The Balaban J connectivity index is 1.92.